The molecule has 0 bridgehead atoms. The zero-order chi connectivity index (χ0) is 13.8. The Morgan fingerprint density at radius 3 is 2.89 bits per heavy atom. The highest BCUT2D eigenvalue weighted by molar-refractivity contribution is 9.10. The highest BCUT2D eigenvalue weighted by atomic mass is 79.9. The van der Waals surface area contributed by atoms with Gasteiger partial charge in [0.25, 0.3) is 5.91 Å². The molecule has 0 aliphatic carbocycles. The molecule has 1 atom stereocenters. The highest BCUT2D eigenvalue weighted by Gasteiger charge is 2.14. The molecule has 0 radical (unpaired) electrons. The zero-order valence-corrected chi connectivity index (χ0v) is 12.6. The first-order valence-electron chi connectivity index (χ1n) is 5.74. The first kappa shape index (κ1) is 14.0. The average Bonchev–Trinajstić information content (AvgIpc) is 2.42. The van der Waals surface area contributed by atoms with E-state index in [2.05, 4.69) is 26.2 Å². The van der Waals surface area contributed by atoms with Crippen molar-refractivity contribution < 1.29 is 4.79 Å². The molecule has 0 saturated carbocycles. The number of carbonyl (C=O) groups excluding carboxylic acids is 1. The molecule has 1 unspecified atom stereocenters. The third-order valence-electron chi connectivity index (χ3n) is 2.71. The van der Waals surface area contributed by atoms with Crippen LogP contribution in [0.5, 0.6) is 0 Å². The predicted octanol–water partition coefficient (Wildman–Crippen LogP) is 3.99. The molecule has 2 rings (SSSR count). The normalized spacial score (nSPS) is 11.9. The van der Waals surface area contributed by atoms with Gasteiger partial charge >= 0.3 is 0 Å². The third-order valence-corrected chi connectivity index (χ3v) is 3.63. The van der Waals surface area contributed by atoms with E-state index in [1.807, 2.05) is 19.1 Å². The van der Waals surface area contributed by atoms with Crippen molar-refractivity contribution in [3.8, 4) is 0 Å². The number of amides is 1. The van der Waals surface area contributed by atoms with E-state index in [1.54, 1.807) is 30.6 Å². The maximum atomic E-state index is 12.2. The minimum Gasteiger partial charge on any atom is -0.345 e. The molecular formula is C14H12BrClN2O. The second kappa shape index (κ2) is 6.17. The molecule has 0 fully saturated rings. The lowest BCUT2D eigenvalue weighted by molar-refractivity contribution is 0.0939. The molecule has 19 heavy (non-hydrogen) atoms. The Kier molecular flexibility index (Phi) is 4.56. The van der Waals surface area contributed by atoms with Gasteiger partial charge < -0.3 is 5.32 Å². The van der Waals surface area contributed by atoms with Gasteiger partial charge in [0.05, 0.1) is 11.6 Å². The minimum absolute atomic E-state index is 0.118. The van der Waals surface area contributed by atoms with E-state index in [-0.39, 0.29) is 11.9 Å². The Morgan fingerprint density at radius 2 is 2.21 bits per heavy atom. The molecule has 98 valence electrons. The van der Waals surface area contributed by atoms with Crippen molar-refractivity contribution in [2.75, 3.05) is 0 Å². The molecule has 1 aromatic heterocycles. The van der Waals surface area contributed by atoms with Crippen LogP contribution in [0, 0.1) is 0 Å². The number of benzene rings is 1. The molecule has 1 N–H and O–H groups in total. The second-order valence-electron chi connectivity index (χ2n) is 4.11. The van der Waals surface area contributed by atoms with Crippen molar-refractivity contribution in [3.05, 3.63) is 63.3 Å². The van der Waals surface area contributed by atoms with Crippen molar-refractivity contribution in [2.24, 2.45) is 0 Å². The smallest absolute Gasteiger partial charge is 0.252 e. The number of aromatic nitrogens is 1. The second-order valence-corrected chi connectivity index (χ2v) is 5.40. The monoisotopic (exact) mass is 338 g/mol. The van der Waals surface area contributed by atoms with E-state index in [9.17, 15) is 4.79 Å². The number of carbonyl (C=O) groups is 1. The topological polar surface area (TPSA) is 42.0 Å². The quantitative estimate of drug-likeness (QED) is 0.918. The fourth-order valence-corrected chi connectivity index (χ4v) is 2.26. The number of hydrogen-bond donors (Lipinski definition) is 1. The van der Waals surface area contributed by atoms with Gasteiger partial charge in [0.15, 0.2) is 0 Å². The number of nitrogens with zero attached hydrogens (tertiary/aromatic N) is 1. The Hall–Kier alpha value is -1.39. The van der Waals surface area contributed by atoms with Crippen LogP contribution in [0.3, 0.4) is 0 Å². The molecule has 0 spiro atoms. The fourth-order valence-electron chi connectivity index (χ4n) is 1.66. The zero-order valence-electron chi connectivity index (χ0n) is 10.2. The Labute approximate surface area is 125 Å². The van der Waals surface area contributed by atoms with E-state index in [4.69, 9.17) is 11.6 Å². The van der Waals surface area contributed by atoms with Crippen molar-refractivity contribution in [2.45, 2.75) is 13.0 Å². The Bertz CT molecular complexity index is 589. The average molecular weight is 340 g/mol. The van der Waals surface area contributed by atoms with Gasteiger partial charge in [0.2, 0.25) is 0 Å². The van der Waals surface area contributed by atoms with Crippen LogP contribution in [-0.4, -0.2) is 10.9 Å². The van der Waals surface area contributed by atoms with Crippen molar-refractivity contribution in [3.63, 3.8) is 0 Å². The standard InChI is InChI=1S/C14H12BrClN2O/c1-9(10-3-2-6-17-8-10)18-14(19)12-7-11(16)4-5-13(12)15/h2-9H,1H3,(H,18,19). The molecule has 0 aliphatic heterocycles. The van der Waals surface area contributed by atoms with Gasteiger partial charge in [0, 0.05) is 21.9 Å². The SMILES string of the molecule is CC(NC(=O)c1cc(Cl)ccc1Br)c1cccnc1. The van der Waals surface area contributed by atoms with E-state index < -0.39 is 0 Å². The summed E-state index contributed by atoms with van der Waals surface area (Å²) < 4.78 is 0.716. The number of pyridine rings is 1. The van der Waals surface area contributed by atoms with Gasteiger partial charge in [-0.25, -0.2) is 0 Å². The maximum absolute atomic E-state index is 12.2. The van der Waals surface area contributed by atoms with Gasteiger partial charge in [-0.2, -0.15) is 0 Å². The molecular weight excluding hydrogens is 328 g/mol. The van der Waals surface area contributed by atoms with Crippen LogP contribution < -0.4 is 5.32 Å². The predicted molar refractivity (Wildman–Crippen MR) is 79.3 cm³/mol. The van der Waals surface area contributed by atoms with E-state index in [0.717, 1.165) is 5.56 Å². The van der Waals surface area contributed by atoms with Crippen LogP contribution >= 0.6 is 27.5 Å². The molecule has 0 aliphatic rings. The lowest BCUT2D eigenvalue weighted by Gasteiger charge is -2.14. The summed E-state index contributed by atoms with van der Waals surface area (Å²) in [4.78, 5) is 16.2. The van der Waals surface area contributed by atoms with Gasteiger partial charge in [-0.1, -0.05) is 17.7 Å². The maximum Gasteiger partial charge on any atom is 0.252 e. The largest absolute Gasteiger partial charge is 0.345 e. The Morgan fingerprint density at radius 1 is 1.42 bits per heavy atom. The molecule has 3 nitrogen and oxygen atoms in total. The van der Waals surface area contributed by atoms with Gasteiger partial charge in [-0.05, 0) is 52.7 Å². The lowest BCUT2D eigenvalue weighted by Crippen LogP contribution is -2.27. The fraction of sp³-hybridized carbons (Fsp3) is 0.143. The summed E-state index contributed by atoms with van der Waals surface area (Å²) in [5.74, 6) is -0.175. The van der Waals surface area contributed by atoms with Crippen LogP contribution in [0.15, 0.2) is 47.2 Å². The van der Waals surface area contributed by atoms with E-state index in [0.29, 0.717) is 15.1 Å². The lowest BCUT2D eigenvalue weighted by atomic mass is 10.1. The summed E-state index contributed by atoms with van der Waals surface area (Å²) in [5, 5.41) is 3.44. The minimum atomic E-state index is -0.175. The van der Waals surface area contributed by atoms with Gasteiger partial charge in [-0.3, -0.25) is 9.78 Å². The number of nitrogens with one attached hydrogen (secondary N) is 1. The molecule has 5 heteroatoms. The number of hydrogen-bond acceptors (Lipinski definition) is 2. The first-order chi connectivity index (χ1) is 9.08. The van der Waals surface area contributed by atoms with Crippen LogP contribution in [-0.2, 0) is 0 Å². The Balaban J connectivity index is 2.15. The van der Waals surface area contributed by atoms with Gasteiger partial charge in [-0.15, -0.1) is 0 Å². The molecule has 0 saturated heterocycles. The highest BCUT2D eigenvalue weighted by Crippen LogP contribution is 2.22. The van der Waals surface area contributed by atoms with Crippen LogP contribution in [0.25, 0.3) is 0 Å². The summed E-state index contributed by atoms with van der Waals surface area (Å²) >= 11 is 9.25. The number of halogens is 2. The summed E-state index contributed by atoms with van der Waals surface area (Å²) in [6, 6.07) is 8.76. The molecule has 1 heterocycles. The summed E-state index contributed by atoms with van der Waals surface area (Å²) in [7, 11) is 0. The molecule has 1 aromatic carbocycles. The van der Waals surface area contributed by atoms with Gasteiger partial charge in [0.1, 0.15) is 0 Å². The first-order valence-corrected chi connectivity index (χ1v) is 6.91. The van der Waals surface area contributed by atoms with Crippen molar-refractivity contribution in [1.29, 1.82) is 0 Å². The number of rotatable bonds is 3. The summed E-state index contributed by atoms with van der Waals surface area (Å²) in [5.41, 5.74) is 1.47. The summed E-state index contributed by atoms with van der Waals surface area (Å²) in [6.45, 7) is 1.91. The third kappa shape index (κ3) is 3.55. The van der Waals surface area contributed by atoms with Crippen molar-refractivity contribution >= 4 is 33.4 Å². The van der Waals surface area contributed by atoms with Crippen LogP contribution in [0.1, 0.15) is 28.9 Å². The van der Waals surface area contributed by atoms with E-state index >= 15 is 0 Å². The molecule has 2 aromatic rings. The van der Waals surface area contributed by atoms with Crippen LogP contribution in [0.2, 0.25) is 5.02 Å². The summed E-state index contributed by atoms with van der Waals surface area (Å²) in [6.07, 6.45) is 3.43. The van der Waals surface area contributed by atoms with E-state index in [1.165, 1.54) is 0 Å². The van der Waals surface area contributed by atoms with Crippen molar-refractivity contribution in [1.82, 2.24) is 10.3 Å². The van der Waals surface area contributed by atoms with Crippen LogP contribution in [0.4, 0.5) is 0 Å². The molecule has 1 amide bonds.